The summed E-state index contributed by atoms with van der Waals surface area (Å²) in [5.74, 6) is -0.256. The molecule has 1 heterocycles. The van der Waals surface area contributed by atoms with Crippen molar-refractivity contribution >= 4 is 27.7 Å². The van der Waals surface area contributed by atoms with E-state index in [0.29, 0.717) is 30.0 Å². The summed E-state index contributed by atoms with van der Waals surface area (Å²) in [6, 6.07) is 15.1. The van der Waals surface area contributed by atoms with E-state index in [4.69, 9.17) is 11.1 Å². The van der Waals surface area contributed by atoms with Gasteiger partial charge in [0.2, 0.25) is 0 Å². The average Bonchev–Trinajstić information content (AvgIpc) is 3.02. The highest BCUT2D eigenvalue weighted by atomic mass is 79.9. The Morgan fingerprint density at radius 3 is 2.41 bits per heavy atom. The third-order valence-corrected chi connectivity index (χ3v) is 4.69. The number of aromatic nitrogens is 3. The van der Waals surface area contributed by atoms with E-state index in [1.165, 1.54) is 0 Å². The fourth-order valence-electron chi connectivity index (χ4n) is 2.55. The molecular weight excluding hydrogens is 408 g/mol. The molecule has 3 rings (SSSR count). The summed E-state index contributed by atoms with van der Waals surface area (Å²) >= 11 is 3.41. The van der Waals surface area contributed by atoms with Crippen LogP contribution >= 0.6 is 15.9 Å². The number of benzene rings is 2. The van der Waals surface area contributed by atoms with Gasteiger partial charge in [-0.05, 0) is 30.2 Å². The first kappa shape index (κ1) is 18.8. The van der Waals surface area contributed by atoms with Crippen LogP contribution in [0.25, 0.3) is 0 Å². The third kappa shape index (κ3) is 4.59. The molecule has 0 aliphatic heterocycles. The van der Waals surface area contributed by atoms with Crippen molar-refractivity contribution < 1.29 is 4.79 Å². The lowest BCUT2D eigenvalue weighted by Gasteiger charge is -2.06. The molecule has 138 valence electrons. The Bertz CT molecular complexity index is 963. The number of nitrogen functional groups attached to an aromatic ring is 1. The van der Waals surface area contributed by atoms with Crippen molar-refractivity contribution in [2.24, 2.45) is 5.73 Å². The Kier molecular flexibility index (Phi) is 5.66. The van der Waals surface area contributed by atoms with Gasteiger partial charge >= 0.3 is 0 Å². The highest BCUT2D eigenvalue weighted by Crippen LogP contribution is 2.13. The molecule has 7 nitrogen and oxygen atoms in total. The maximum Gasteiger partial charge on any atom is 0.274 e. The lowest BCUT2D eigenvalue weighted by Crippen LogP contribution is -2.24. The largest absolute Gasteiger partial charge is 0.384 e. The van der Waals surface area contributed by atoms with E-state index in [9.17, 15) is 4.79 Å². The van der Waals surface area contributed by atoms with E-state index in [-0.39, 0.29) is 11.7 Å². The molecule has 0 bridgehead atoms. The van der Waals surface area contributed by atoms with E-state index in [0.717, 1.165) is 15.6 Å². The minimum absolute atomic E-state index is 0.0172. The topological polar surface area (TPSA) is 110 Å². The monoisotopic (exact) mass is 426 g/mol. The lowest BCUT2D eigenvalue weighted by molar-refractivity contribution is 0.0945. The van der Waals surface area contributed by atoms with Gasteiger partial charge in [-0.1, -0.05) is 57.5 Å². The molecule has 1 amide bonds. The number of amidine groups is 1. The molecule has 8 heteroatoms. The molecule has 2 aromatic carbocycles. The summed E-state index contributed by atoms with van der Waals surface area (Å²) in [6.07, 6.45) is 0. The van der Waals surface area contributed by atoms with Crippen molar-refractivity contribution in [3.8, 4) is 0 Å². The molecule has 0 fully saturated rings. The number of hydrogen-bond acceptors (Lipinski definition) is 4. The van der Waals surface area contributed by atoms with Crippen molar-refractivity contribution in [3.05, 3.63) is 81.1 Å². The van der Waals surface area contributed by atoms with Crippen molar-refractivity contribution in [1.29, 1.82) is 5.41 Å². The average molecular weight is 427 g/mol. The fraction of sp³-hybridized carbons (Fsp3) is 0.158. The molecule has 0 atom stereocenters. The normalized spacial score (nSPS) is 10.6. The highest BCUT2D eigenvalue weighted by Gasteiger charge is 2.16. The number of nitrogens with two attached hydrogens (primary N) is 1. The molecule has 0 spiro atoms. The summed E-state index contributed by atoms with van der Waals surface area (Å²) in [6.45, 7) is 2.73. The van der Waals surface area contributed by atoms with Crippen molar-refractivity contribution in [3.63, 3.8) is 0 Å². The minimum atomic E-state index is -0.273. The number of rotatable bonds is 6. The summed E-state index contributed by atoms with van der Waals surface area (Å²) in [7, 11) is 0. The molecule has 0 unspecified atom stereocenters. The van der Waals surface area contributed by atoms with Crippen molar-refractivity contribution in [2.45, 2.75) is 20.0 Å². The van der Waals surface area contributed by atoms with Gasteiger partial charge < -0.3 is 11.1 Å². The van der Waals surface area contributed by atoms with Crippen LogP contribution in [0.1, 0.15) is 32.9 Å². The predicted octanol–water partition coefficient (Wildman–Crippen LogP) is 2.61. The van der Waals surface area contributed by atoms with E-state index in [2.05, 4.69) is 31.6 Å². The number of hydrogen-bond donors (Lipinski definition) is 3. The molecule has 0 saturated carbocycles. The molecule has 0 radical (unpaired) electrons. The smallest absolute Gasteiger partial charge is 0.274 e. The van der Waals surface area contributed by atoms with Crippen LogP contribution in [-0.2, 0) is 13.1 Å². The maximum atomic E-state index is 12.4. The van der Waals surface area contributed by atoms with Crippen LogP contribution in [-0.4, -0.2) is 26.7 Å². The van der Waals surface area contributed by atoms with E-state index < -0.39 is 0 Å². The van der Waals surface area contributed by atoms with Gasteiger partial charge in [-0.2, -0.15) is 0 Å². The second-order valence-corrected chi connectivity index (χ2v) is 7.02. The fourth-order valence-corrected chi connectivity index (χ4v) is 2.82. The van der Waals surface area contributed by atoms with Gasteiger partial charge in [0, 0.05) is 16.6 Å². The van der Waals surface area contributed by atoms with E-state index in [1.807, 2.05) is 43.3 Å². The number of carbonyl (C=O) groups excluding carboxylic acids is 1. The maximum absolute atomic E-state index is 12.4. The van der Waals surface area contributed by atoms with Gasteiger partial charge in [0.05, 0.1) is 12.2 Å². The minimum Gasteiger partial charge on any atom is -0.384 e. The van der Waals surface area contributed by atoms with Crippen LogP contribution in [0.15, 0.2) is 53.0 Å². The van der Waals surface area contributed by atoms with Crippen LogP contribution in [0.3, 0.4) is 0 Å². The molecule has 27 heavy (non-hydrogen) atoms. The molecule has 3 aromatic rings. The Hall–Kier alpha value is -3.00. The Morgan fingerprint density at radius 2 is 1.78 bits per heavy atom. The predicted molar refractivity (Wildman–Crippen MR) is 107 cm³/mol. The Labute approximate surface area is 165 Å². The van der Waals surface area contributed by atoms with Crippen LogP contribution in [0.5, 0.6) is 0 Å². The first-order chi connectivity index (χ1) is 12.9. The number of amides is 1. The van der Waals surface area contributed by atoms with E-state index in [1.54, 1.807) is 16.8 Å². The van der Waals surface area contributed by atoms with Gasteiger partial charge in [0.1, 0.15) is 5.84 Å². The first-order valence-corrected chi connectivity index (χ1v) is 9.09. The standard InChI is InChI=1S/C19H19BrN6O/c1-12-17(24-25-26(12)11-14-4-8-16(20)9-5-14)19(27)23-10-13-2-6-15(7-3-13)18(21)22/h2-9H,10-11H2,1H3,(H3,21,22)(H,23,27). The Morgan fingerprint density at radius 1 is 1.15 bits per heavy atom. The van der Waals surface area contributed by atoms with Crippen LogP contribution in [0, 0.1) is 12.3 Å². The Balaban J connectivity index is 1.64. The summed E-state index contributed by atoms with van der Waals surface area (Å²) < 4.78 is 2.72. The van der Waals surface area contributed by atoms with Crippen LogP contribution < -0.4 is 11.1 Å². The zero-order valence-electron chi connectivity index (χ0n) is 14.7. The van der Waals surface area contributed by atoms with Gasteiger partial charge in [0.25, 0.3) is 5.91 Å². The molecule has 0 aliphatic carbocycles. The lowest BCUT2D eigenvalue weighted by atomic mass is 10.1. The van der Waals surface area contributed by atoms with Crippen LogP contribution in [0.4, 0.5) is 0 Å². The third-order valence-electron chi connectivity index (χ3n) is 4.16. The quantitative estimate of drug-likeness (QED) is 0.415. The number of nitrogens with zero attached hydrogens (tertiary/aromatic N) is 3. The zero-order chi connectivity index (χ0) is 19.4. The first-order valence-electron chi connectivity index (χ1n) is 8.30. The summed E-state index contributed by atoms with van der Waals surface area (Å²) in [4.78, 5) is 12.4. The molecule has 0 aliphatic rings. The van der Waals surface area contributed by atoms with Gasteiger partial charge in [-0.15, -0.1) is 5.10 Å². The van der Waals surface area contributed by atoms with Crippen LogP contribution in [0.2, 0.25) is 0 Å². The molecule has 1 aromatic heterocycles. The molecular formula is C19H19BrN6O. The van der Waals surface area contributed by atoms with Gasteiger partial charge in [-0.3, -0.25) is 10.2 Å². The second-order valence-electron chi connectivity index (χ2n) is 6.10. The number of nitrogens with one attached hydrogen (secondary N) is 2. The second kappa shape index (κ2) is 8.13. The van der Waals surface area contributed by atoms with Crippen molar-refractivity contribution in [2.75, 3.05) is 0 Å². The summed E-state index contributed by atoms with van der Waals surface area (Å²) in [5, 5.41) is 18.4. The highest BCUT2D eigenvalue weighted by molar-refractivity contribution is 9.10. The number of halogens is 1. The number of carbonyl (C=O) groups is 1. The van der Waals surface area contributed by atoms with Gasteiger partial charge in [-0.25, -0.2) is 4.68 Å². The summed E-state index contributed by atoms with van der Waals surface area (Å²) in [5.41, 5.74) is 9.09. The van der Waals surface area contributed by atoms with Crippen molar-refractivity contribution in [1.82, 2.24) is 20.3 Å². The van der Waals surface area contributed by atoms with Gasteiger partial charge in [0.15, 0.2) is 5.69 Å². The zero-order valence-corrected chi connectivity index (χ0v) is 16.3. The molecule has 0 saturated heterocycles. The molecule has 4 N–H and O–H groups in total. The van der Waals surface area contributed by atoms with E-state index >= 15 is 0 Å². The SMILES string of the molecule is Cc1c(C(=O)NCc2ccc(C(=N)N)cc2)nnn1Cc1ccc(Br)cc1.